The Morgan fingerprint density at radius 1 is 1.07 bits per heavy atom. The summed E-state index contributed by atoms with van der Waals surface area (Å²) in [7, 11) is 0. The molecule has 0 N–H and O–H groups in total. The Morgan fingerprint density at radius 2 is 1.68 bits per heavy atom. The molecule has 154 valence electrons. The van der Waals surface area contributed by atoms with Gasteiger partial charge in [0.15, 0.2) is 18.0 Å². The van der Waals surface area contributed by atoms with Crippen LogP contribution in [0.3, 0.4) is 0 Å². The Morgan fingerprint density at radius 3 is 2.21 bits per heavy atom. The number of rotatable bonds is 5. The molecule has 28 heavy (non-hydrogen) atoms. The molecule has 2 aliphatic heterocycles. The van der Waals surface area contributed by atoms with Gasteiger partial charge in [-0.3, -0.25) is 9.59 Å². The molecule has 1 aromatic carbocycles. The number of ether oxygens (including phenoxy) is 5. The van der Waals surface area contributed by atoms with E-state index in [1.807, 2.05) is 45.0 Å². The van der Waals surface area contributed by atoms with Gasteiger partial charge >= 0.3 is 11.9 Å². The molecule has 5 atom stereocenters. The van der Waals surface area contributed by atoms with Crippen molar-refractivity contribution in [3.63, 3.8) is 0 Å². The summed E-state index contributed by atoms with van der Waals surface area (Å²) in [5.74, 6) is -1.70. The number of thioether (sulfide) groups is 1. The predicted octanol–water partition coefficient (Wildman–Crippen LogP) is 2.83. The Bertz CT molecular complexity index is 718. The van der Waals surface area contributed by atoms with E-state index in [0.29, 0.717) is 6.61 Å². The van der Waals surface area contributed by atoms with Crippen LogP contribution in [0.4, 0.5) is 0 Å². The molecule has 8 heteroatoms. The molecule has 0 aromatic heterocycles. The molecule has 3 rings (SSSR count). The minimum atomic E-state index is -0.785. The fourth-order valence-electron chi connectivity index (χ4n) is 3.31. The minimum absolute atomic E-state index is 0.296. The lowest BCUT2D eigenvalue weighted by Gasteiger charge is -2.26. The third-order valence-corrected chi connectivity index (χ3v) is 5.64. The number of hydrogen-bond acceptors (Lipinski definition) is 8. The average Bonchev–Trinajstić information content (AvgIpc) is 3.10. The largest absolute Gasteiger partial charge is 0.456 e. The Labute approximate surface area is 169 Å². The molecule has 0 spiro atoms. The number of esters is 2. The molecule has 0 amide bonds. The topological polar surface area (TPSA) is 80.3 Å². The van der Waals surface area contributed by atoms with Crippen molar-refractivity contribution in [2.24, 2.45) is 0 Å². The summed E-state index contributed by atoms with van der Waals surface area (Å²) in [5, 5.41) is 0. The van der Waals surface area contributed by atoms with Gasteiger partial charge in [-0.05, 0) is 32.9 Å². The smallest absolute Gasteiger partial charge is 0.303 e. The van der Waals surface area contributed by atoms with Crippen molar-refractivity contribution in [3.05, 3.63) is 29.8 Å². The van der Waals surface area contributed by atoms with Crippen LogP contribution in [0.1, 0.15) is 33.3 Å². The highest BCUT2D eigenvalue weighted by molar-refractivity contribution is 7.99. The second-order valence-corrected chi connectivity index (χ2v) is 8.59. The minimum Gasteiger partial charge on any atom is -0.456 e. The molecule has 7 nitrogen and oxygen atoms in total. The maximum absolute atomic E-state index is 11.7. The summed E-state index contributed by atoms with van der Waals surface area (Å²) in [6.45, 7) is 8.57. The van der Waals surface area contributed by atoms with E-state index in [2.05, 4.69) is 0 Å². The highest BCUT2D eigenvalue weighted by Crippen LogP contribution is 2.41. The van der Waals surface area contributed by atoms with Crippen LogP contribution in [0, 0.1) is 6.92 Å². The van der Waals surface area contributed by atoms with Crippen molar-refractivity contribution in [1.82, 2.24) is 0 Å². The number of hydrogen-bond donors (Lipinski definition) is 0. The molecule has 0 aliphatic carbocycles. The zero-order chi connectivity index (χ0) is 20.5. The van der Waals surface area contributed by atoms with E-state index >= 15 is 0 Å². The predicted molar refractivity (Wildman–Crippen MR) is 102 cm³/mol. The fourth-order valence-corrected chi connectivity index (χ4v) is 4.40. The monoisotopic (exact) mass is 410 g/mol. The van der Waals surface area contributed by atoms with E-state index in [1.165, 1.54) is 25.6 Å². The molecule has 2 aliphatic rings. The first-order chi connectivity index (χ1) is 13.1. The highest BCUT2D eigenvalue weighted by Gasteiger charge is 2.55. The van der Waals surface area contributed by atoms with Gasteiger partial charge in [0.2, 0.25) is 0 Å². The van der Waals surface area contributed by atoms with Gasteiger partial charge in [-0.1, -0.05) is 29.5 Å². The second kappa shape index (κ2) is 8.41. The zero-order valence-electron chi connectivity index (χ0n) is 16.7. The van der Waals surface area contributed by atoms with Gasteiger partial charge in [-0.15, -0.1) is 0 Å². The van der Waals surface area contributed by atoms with Gasteiger partial charge in [0, 0.05) is 18.7 Å². The van der Waals surface area contributed by atoms with Gasteiger partial charge in [0.25, 0.3) is 0 Å². The van der Waals surface area contributed by atoms with Crippen LogP contribution in [0.25, 0.3) is 0 Å². The van der Waals surface area contributed by atoms with Crippen molar-refractivity contribution >= 4 is 23.7 Å². The molecule has 2 heterocycles. The molecule has 0 radical (unpaired) electrons. The van der Waals surface area contributed by atoms with Crippen molar-refractivity contribution < 1.29 is 33.3 Å². The first kappa shape index (κ1) is 21.1. The van der Waals surface area contributed by atoms with Gasteiger partial charge in [-0.2, -0.15) is 0 Å². The number of aryl methyl sites for hydroxylation is 1. The van der Waals surface area contributed by atoms with Crippen molar-refractivity contribution in [2.45, 2.75) is 75.2 Å². The van der Waals surface area contributed by atoms with Crippen LogP contribution in [0.5, 0.6) is 0 Å². The van der Waals surface area contributed by atoms with Crippen molar-refractivity contribution in [1.29, 1.82) is 0 Å². The van der Waals surface area contributed by atoms with Crippen LogP contribution >= 0.6 is 11.8 Å². The lowest BCUT2D eigenvalue weighted by molar-refractivity contribution is -0.173. The van der Waals surface area contributed by atoms with E-state index in [1.54, 1.807) is 0 Å². The molecular weight excluding hydrogens is 384 g/mol. The quantitative estimate of drug-likeness (QED) is 0.686. The van der Waals surface area contributed by atoms with Gasteiger partial charge in [0.1, 0.15) is 17.6 Å². The molecular formula is C20H26O7S. The Hall–Kier alpha value is -1.61. The van der Waals surface area contributed by atoms with Gasteiger partial charge in [0.05, 0.1) is 6.61 Å². The van der Waals surface area contributed by atoms with Crippen molar-refractivity contribution in [2.75, 3.05) is 6.61 Å². The summed E-state index contributed by atoms with van der Waals surface area (Å²) >= 11 is 1.42. The molecule has 0 bridgehead atoms. The molecule has 2 fully saturated rings. The van der Waals surface area contributed by atoms with Gasteiger partial charge < -0.3 is 23.7 Å². The summed E-state index contributed by atoms with van der Waals surface area (Å²) in [6.07, 6.45) is -2.60. The number of carbonyl (C=O) groups excluding carboxylic acids is 2. The zero-order valence-corrected chi connectivity index (χ0v) is 17.5. The normalized spacial score (nSPS) is 31.5. The van der Waals surface area contributed by atoms with Crippen LogP contribution in [0.15, 0.2) is 29.2 Å². The summed E-state index contributed by atoms with van der Waals surface area (Å²) in [6, 6.07) is 7.94. The molecule has 1 aromatic rings. The standard InChI is InChI=1S/C20H26O7S/c1-11-6-8-14(9-7-11)28-19-18(25-13(3)22)17(24-12(2)21)16(26-19)15-10-23-20(4,5)27-15/h6-9,15-19H,10H2,1-5H3/t15-,16+,17+,18-,19?/m1/s1. The second-order valence-electron chi connectivity index (χ2n) is 7.42. The fraction of sp³-hybridized carbons (Fsp3) is 0.600. The summed E-state index contributed by atoms with van der Waals surface area (Å²) in [4.78, 5) is 24.4. The van der Waals surface area contributed by atoms with E-state index < -0.39 is 47.6 Å². The van der Waals surface area contributed by atoms with Gasteiger partial charge in [-0.25, -0.2) is 0 Å². The average molecular weight is 410 g/mol. The molecule has 0 saturated carbocycles. The Kier molecular flexibility index (Phi) is 6.34. The third-order valence-electron chi connectivity index (χ3n) is 4.48. The van der Waals surface area contributed by atoms with E-state index in [0.717, 1.165) is 10.5 Å². The molecule has 2 saturated heterocycles. The molecule has 1 unspecified atom stereocenters. The maximum Gasteiger partial charge on any atom is 0.303 e. The van der Waals surface area contributed by atoms with Crippen LogP contribution in [-0.2, 0) is 33.3 Å². The lowest BCUT2D eigenvalue weighted by atomic mass is 10.1. The SMILES string of the molecule is CC(=O)O[C@H]1[C@H]([C@H]2COC(C)(C)O2)OC(Sc2ccc(C)cc2)[C@@H]1OC(C)=O. The maximum atomic E-state index is 11.7. The highest BCUT2D eigenvalue weighted by atomic mass is 32.2. The Balaban J connectivity index is 1.85. The van der Waals surface area contributed by atoms with E-state index in [-0.39, 0.29) is 0 Å². The van der Waals surface area contributed by atoms with Crippen LogP contribution in [0.2, 0.25) is 0 Å². The first-order valence-electron chi connectivity index (χ1n) is 9.19. The number of benzene rings is 1. The van der Waals surface area contributed by atoms with E-state index in [4.69, 9.17) is 23.7 Å². The third kappa shape index (κ3) is 5.05. The first-order valence-corrected chi connectivity index (χ1v) is 10.1. The van der Waals surface area contributed by atoms with Crippen molar-refractivity contribution in [3.8, 4) is 0 Å². The van der Waals surface area contributed by atoms with Crippen LogP contribution in [-0.4, -0.2) is 54.2 Å². The van der Waals surface area contributed by atoms with Crippen LogP contribution < -0.4 is 0 Å². The lowest BCUT2D eigenvalue weighted by Crippen LogP contribution is -2.44. The van der Waals surface area contributed by atoms with E-state index in [9.17, 15) is 9.59 Å². The summed E-state index contributed by atoms with van der Waals surface area (Å²) in [5.41, 5.74) is 0.593. The number of carbonyl (C=O) groups is 2. The summed E-state index contributed by atoms with van der Waals surface area (Å²) < 4.78 is 28.8.